The number of carbonyl (C=O) groups is 1. The number of rotatable bonds is 7. The average Bonchev–Trinajstić information content (AvgIpc) is 3.42. The third-order valence-corrected chi connectivity index (χ3v) is 7.91. The molecule has 2 aromatic rings. The van der Waals surface area contributed by atoms with E-state index in [9.17, 15) is 9.90 Å². The standard InChI is InChI=1S/C28H35FN2O4/c1-6-31-21-16-19(29)20(13-17(21)14-24(31)26(2,3)11-12-32)30-25(33)28(9-10-28)18-7-8-22-23(15-18)35-27(4,5)34-22/h7-8,13,15-16,24,32H,6,9-12,14H2,1-5H3,(H,30,33). The number of fused-ring (bicyclic) bond motifs is 2. The van der Waals surface area contributed by atoms with E-state index in [1.54, 1.807) is 12.1 Å². The van der Waals surface area contributed by atoms with Gasteiger partial charge in [-0.15, -0.1) is 0 Å². The van der Waals surface area contributed by atoms with Crippen LogP contribution < -0.4 is 19.7 Å². The minimum absolute atomic E-state index is 0.118. The van der Waals surface area contributed by atoms with E-state index in [4.69, 9.17) is 9.47 Å². The number of anilines is 2. The van der Waals surface area contributed by atoms with Crippen molar-refractivity contribution in [3.63, 3.8) is 0 Å². The number of aliphatic hydroxyl groups excluding tert-OH is 1. The lowest BCUT2D eigenvalue weighted by molar-refractivity contribution is -0.118. The molecular weight excluding hydrogens is 447 g/mol. The monoisotopic (exact) mass is 482 g/mol. The van der Waals surface area contributed by atoms with Crippen LogP contribution in [0, 0.1) is 11.2 Å². The summed E-state index contributed by atoms with van der Waals surface area (Å²) in [6.45, 7) is 10.9. The molecule has 7 heteroatoms. The second-order valence-corrected chi connectivity index (χ2v) is 11.2. The highest BCUT2D eigenvalue weighted by atomic mass is 19.1. The van der Waals surface area contributed by atoms with E-state index in [-0.39, 0.29) is 29.7 Å². The average molecular weight is 483 g/mol. The van der Waals surface area contributed by atoms with Crippen molar-refractivity contribution in [1.29, 1.82) is 0 Å². The number of carbonyl (C=O) groups excluding carboxylic acids is 1. The molecule has 1 amide bonds. The molecule has 35 heavy (non-hydrogen) atoms. The van der Waals surface area contributed by atoms with Crippen molar-refractivity contribution in [2.45, 2.75) is 77.5 Å². The highest BCUT2D eigenvalue weighted by molar-refractivity contribution is 6.02. The smallest absolute Gasteiger partial charge is 0.246 e. The first-order chi connectivity index (χ1) is 16.5. The first-order valence-electron chi connectivity index (χ1n) is 12.5. The number of benzene rings is 2. The summed E-state index contributed by atoms with van der Waals surface area (Å²) in [4.78, 5) is 15.6. The summed E-state index contributed by atoms with van der Waals surface area (Å²) < 4.78 is 26.9. The Kier molecular flexibility index (Phi) is 5.55. The van der Waals surface area contributed by atoms with Crippen molar-refractivity contribution >= 4 is 17.3 Å². The molecule has 0 aromatic heterocycles. The molecule has 1 atom stereocenters. The Bertz CT molecular complexity index is 1170. The topological polar surface area (TPSA) is 71.0 Å². The SMILES string of the molecule is CCN1c2cc(F)c(NC(=O)C3(c4ccc5c(c4)OC(C)(C)O5)CC3)cc2CC1C(C)(C)CCO. The van der Waals surface area contributed by atoms with Gasteiger partial charge in [-0.3, -0.25) is 4.79 Å². The Morgan fingerprint density at radius 2 is 1.91 bits per heavy atom. The minimum atomic E-state index is -0.733. The van der Waals surface area contributed by atoms with Crippen molar-refractivity contribution in [2.75, 3.05) is 23.4 Å². The van der Waals surface area contributed by atoms with E-state index in [1.165, 1.54) is 0 Å². The Labute approximate surface area is 206 Å². The molecule has 0 spiro atoms. The molecular formula is C28H35FN2O4. The largest absolute Gasteiger partial charge is 0.449 e. The fraction of sp³-hybridized carbons (Fsp3) is 0.536. The number of hydrogen-bond acceptors (Lipinski definition) is 5. The van der Waals surface area contributed by atoms with E-state index < -0.39 is 17.0 Å². The molecule has 6 nitrogen and oxygen atoms in total. The van der Waals surface area contributed by atoms with Crippen LogP contribution in [-0.4, -0.2) is 36.0 Å². The van der Waals surface area contributed by atoms with Gasteiger partial charge in [0.2, 0.25) is 11.7 Å². The van der Waals surface area contributed by atoms with Crippen LogP contribution in [0.25, 0.3) is 0 Å². The normalized spacial score (nSPS) is 21.1. The summed E-state index contributed by atoms with van der Waals surface area (Å²) in [5, 5.41) is 12.4. The maximum absolute atomic E-state index is 15.2. The van der Waals surface area contributed by atoms with Crippen LogP contribution in [0.3, 0.4) is 0 Å². The molecule has 0 saturated heterocycles. The van der Waals surface area contributed by atoms with Gasteiger partial charge >= 0.3 is 0 Å². The van der Waals surface area contributed by atoms with E-state index in [1.807, 2.05) is 32.0 Å². The van der Waals surface area contributed by atoms with E-state index >= 15 is 4.39 Å². The lowest BCUT2D eigenvalue weighted by Gasteiger charge is -2.38. The van der Waals surface area contributed by atoms with Gasteiger partial charge in [0.15, 0.2) is 11.5 Å². The number of nitrogens with zero attached hydrogens (tertiary/aromatic N) is 1. The van der Waals surface area contributed by atoms with Gasteiger partial charge in [0, 0.05) is 38.7 Å². The van der Waals surface area contributed by atoms with Crippen molar-refractivity contribution in [2.24, 2.45) is 5.41 Å². The van der Waals surface area contributed by atoms with Gasteiger partial charge in [-0.2, -0.15) is 0 Å². The van der Waals surface area contributed by atoms with Crippen molar-refractivity contribution in [3.05, 3.63) is 47.3 Å². The van der Waals surface area contributed by atoms with Crippen LogP contribution in [0.15, 0.2) is 30.3 Å². The van der Waals surface area contributed by atoms with Gasteiger partial charge in [0.25, 0.3) is 0 Å². The number of halogens is 1. The third-order valence-electron chi connectivity index (χ3n) is 7.91. The molecule has 1 aliphatic carbocycles. The Hall–Kier alpha value is -2.80. The molecule has 2 aliphatic heterocycles. The predicted molar refractivity (Wildman–Crippen MR) is 134 cm³/mol. The molecule has 2 aromatic carbocycles. The molecule has 188 valence electrons. The summed E-state index contributed by atoms with van der Waals surface area (Å²) in [5.74, 6) is -0.0645. The zero-order valence-corrected chi connectivity index (χ0v) is 21.2. The highest BCUT2D eigenvalue weighted by Gasteiger charge is 2.52. The van der Waals surface area contributed by atoms with Gasteiger partial charge < -0.3 is 24.8 Å². The van der Waals surface area contributed by atoms with Crippen LogP contribution in [0.4, 0.5) is 15.8 Å². The van der Waals surface area contributed by atoms with Gasteiger partial charge in [0.1, 0.15) is 5.82 Å². The van der Waals surface area contributed by atoms with E-state index in [0.717, 1.165) is 29.8 Å². The van der Waals surface area contributed by atoms with Gasteiger partial charge in [0.05, 0.1) is 11.1 Å². The van der Waals surface area contributed by atoms with Crippen LogP contribution in [-0.2, 0) is 16.6 Å². The number of ether oxygens (including phenoxy) is 2. The minimum Gasteiger partial charge on any atom is -0.449 e. The van der Waals surface area contributed by atoms with E-state index in [0.29, 0.717) is 30.8 Å². The second-order valence-electron chi connectivity index (χ2n) is 11.2. The van der Waals surface area contributed by atoms with Crippen molar-refractivity contribution in [3.8, 4) is 11.5 Å². The number of amides is 1. The predicted octanol–water partition coefficient (Wildman–Crippen LogP) is 5.16. The fourth-order valence-corrected chi connectivity index (χ4v) is 5.70. The highest BCUT2D eigenvalue weighted by Crippen LogP contribution is 2.52. The van der Waals surface area contributed by atoms with Crippen LogP contribution >= 0.6 is 0 Å². The number of nitrogens with one attached hydrogen (secondary N) is 1. The molecule has 1 unspecified atom stereocenters. The zero-order chi connectivity index (χ0) is 25.2. The quantitative estimate of drug-likeness (QED) is 0.570. The molecule has 2 N–H and O–H groups in total. The number of likely N-dealkylation sites (N-methyl/N-ethyl adjacent to an activating group) is 1. The molecule has 0 radical (unpaired) electrons. The second kappa shape index (κ2) is 8.12. The van der Waals surface area contributed by atoms with Crippen molar-refractivity contribution in [1.82, 2.24) is 0 Å². The van der Waals surface area contributed by atoms with Crippen LogP contribution in [0.1, 0.15) is 65.0 Å². The maximum atomic E-state index is 15.2. The number of aliphatic hydroxyl groups is 1. The van der Waals surface area contributed by atoms with E-state index in [2.05, 4.69) is 31.0 Å². The fourth-order valence-electron chi connectivity index (χ4n) is 5.70. The molecule has 2 heterocycles. The van der Waals surface area contributed by atoms with Gasteiger partial charge in [-0.05, 0) is 73.4 Å². The summed E-state index contributed by atoms with van der Waals surface area (Å²) in [6, 6.07) is 9.12. The van der Waals surface area contributed by atoms with Crippen molar-refractivity contribution < 1.29 is 23.8 Å². The molecule has 5 rings (SSSR count). The Morgan fingerprint density at radius 3 is 2.57 bits per heavy atom. The molecule has 3 aliphatic rings. The summed E-state index contributed by atoms with van der Waals surface area (Å²) in [5.41, 5.74) is 2.17. The lowest BCUT2D eigenvalue weighted by Crippen LogP contribution is -2.43. The zero-order valence-electron chi connectivity index (χ0n) is 21.2. The van der Waals surface area contributed by atoms with Gasteiger partial charge in [-0.1, -0.05) is 19.9 Å². The summed E-state index contributed by atoms with van der Waals surface area (Å²) in [7, 11) is 0. The molecule has 1 fully saturated rings. The summed E-state index contributed by atoms with van der Waals surface area (Å²) >= 11 is 0. The lowest BCUT2D eigenvalue weighted by atomic mass is 9.79. The number of hydrogen-bond donors (Lipinski definition) is 2. The third kappa shape index (κ3) is 4.03. The Morgan fingerprint density at radius 1 is 1.20 bits per heavy atom. The summed E-state index contributed by atoms with van der Waals surface area (Å²) in [6.07, 6.45) is 2.83. The molecule has 1 saturated carbocycles. The van der Waals surface area contributed by atoms with Crippen LogP contribution in [0.2, 0.25) is 0 Å². The maximum Gasteiger partial charge on any atom is 0.246 e. The molecule has 0 bridgehead atoms. The van der Waals surface area contributed by atoms with Gasteiger partial charge in [-0.25, -0.2) is 4.39 Å². The first-order valence-corrected chi connectivity index (χ1v) is 12.5. The Balaban J connectivity index is 1.38. The van der Waals surface area contributed by atoms with Crippen LogP contribution in [0.5, 0.6) is 11.5 Å². The first kappa shape index (κ1) is 23.9.